The Morgan fingerprint density at radius 3 is 1.43 bits per heavy atom. The van der Waals surface area contributed by atoms with Crippen molar-refractivity contribution in [1.82, 2.24) is 0 Å². The van der Waals surface area contributed by atoms with Gasteiger partial charge in [0.2, 0.25) is 0 Å². The van der Waals surface area contributed by atoms with E-state index in [0.29, 0.717) is 19.8 Å². The van der Waals surface area contributed by atoms with Crippen molar-refractivity contribution in [3.05, 3.63) is 34.9 Å². The van der Waals surface area contributed by atoms with Gasteiger partial charge in [0.1, 0.15) is 0 Å². The van der Waals surface area contributed by atoms with Gasteiger partial charge >= 0.3 is 8.80 Å². The van der Waals surface area contributed by atoms with E-state index in [0.717, 1.165) is 36.8 Å². The van der Waals surface area contributed by atoms with Crippen LogP contribution in [0.5, 0.6) is 0 Å². The van der Waals surface area contributed by atoms with Gasteiger partial charge in [-0.05, 0) is 56.7 Å². The maximum absolute atomic E-state index is 11.3. The van der Waals surface area contributed by atoms with Crippen LogP contribution >= 0.6 is 23.5 Å². The van der Waals surface area contributed by atoms with Crippen molar-refractivity contribution in [2.24, 2.45) is 0 Å². The van der Waals surface area contributed by atoms with Crippen molar-refractivity contribution in [1.29, 1.82) is 0 Å². The monoisotopic (exact) mass is 472 g/mol. The van der Waals surface area contributed by atoms with Crippen LogP contribution in [0, 0.1) is 0 Å². The first kappa shape index (κ1) is 27.4. The molecule has 0 saturated carbocycles. The van der Waals surface area contributed by atoms with Gasteiger partial charge in [-0.25, -0.2) is 0 Å². The molecule has 0 atom stereocenters. The number of aryl methyl sites for hydroxylation is 3. The SMILES string of the molecule is CCO[Si](CCc1cc(CCSC(C)=O)cc(CCSC(C)=O)c1)(OCC)OCC. The molecular formula is C22H36O5S2Si. The smallest absolute Gasteiger partial charge is 0.374 e. The van der Waals surface area contributed by atoms with E-state index in [4.69, 9.17) is 13.3 Å². The number of carbonyl (C=O) groups is 2. The largest absolute Gasteiger partial charge is 0.501 e. The topological polar surface area (TPSA) is 61.8 Å². The molecule has 170 valence electrons. The minimum absolute atomic E-state index is 0.144. The molecule has 0 fully saturated rings. The van der Waals surface area contributed by atoms with Gasteiger partial charge in [0.15, 0.2) is 10.2 Å². The molecule has 30 heavy (non-hydrogen) atoms. The molecule has 1 aromatic carbocycles. The van der Waals surface area contributed by atoms with E-state index >= 15 is 0 Å². The Kier molecular flexibility index (Phi) is 13.9. The molecule has 0 radical (unpaired) electrons. The van der Waals surface area contributed by atoms with Crippen LogP contribution in [-0.2, 0) is 42.1 Å². The highest BCUT2D eigenvalue weighted by Gasteiger charge is 2.39. The third kappa shape index (κ3) is 11.1. The number of thioether (sulfide) groups is 2. The van der Waals surface area contributed by atoms with Crippen LogP contribution in [0.25, 0.3) is 0 Å². The molecule has 8 heteroatoms. The molecule has 1 rings (SSSR count). The van der Waals surface area contributed by atoms with Crippen LogP contribution in [0.3, 0.4) is 0 Å². The van der Waals surface area contributed by atoms with Crippen molar-refractivity contribution >= 4 is 42.6 Å². The van der Waals surface area contributed by atoms with E-state index < -0.39 is 8.80 Å². The number of hydrogen-bond donors (Lipinski definition) is 0. The summed E-state index contributed by atoms with van der Waals surface area (Å²) in [5.41, 5.74) is 3.67. The first-order valence-electron chi connectivity index (χ1n) is 10.6. The lowest BCUT2D eigenvalue weighted by Gasteiger charge is -2.28. The summed E-state index contributed by atoms with van der Waals surface area (Å²) in [6, 6.07) is 7.36. The van der Waals surface area contributed by atoms with E-state index in [2.05, 4.69) is 18.2 Å². The molecule has 0 aromatic heterocycles. The normalized spacial score (nSPS) is 11.6. The Labute approximate surface area is 191 Å². The van der Waals surface area contributed by atoms with Crippen LogP contribution in [-0.4, -0.2) is 50.4 Å². The second-order valence-corrected chi connectivity index (χ2v) is 12.1. The average molecular weight is 473 g/mol. The molecule has 0 heterocycles. The van der Waals surface area contributed by atoms with Gasteiger partial charge in [0.05, 0.1) is 0 Å². The number of carbonyl (C=O) groups excluding carboxylic acids is 2. The number of rotatable bonds is 15. The maximum atomic E-state index is 11.3. The van der Waals surface area contributed by atoms with Crippen molar-refractivity contribution < 1.29 is 22.9 Å². The molecule has 1 aromatic rings. The second kappa shape index (κ2) is 15.2. The van der Waals surface area contributed by atoms with Crippen LogP contribution in [0.15, 0.2) is 18.2 Å². The predicted molar refractivity (Wildman–Crippen MR) is 129 cm³/mol. The zero-order valence-electron chi connectivity index (χ0n) is 19.0. The summed E-state index contributed by atoms with van der Waals surface area (Å²) >= 11 is 2.71. The van der Waals surface area contributed by atoms with E-state index in [1.807, 2.05) is 20.8 Å². The van der Waals surface area contributed by atoms with E-state index in [1.54, 1.807) is 13.8 Å². The molecule has 0 aliphatic carbocycles. The fourth-order valence-corrected chi connectivity index (χ4v) is 7.04. The minimum atomic E-state index is -2.69. The molecule has 0 aliphatic rings. The first-order chi connectivity index (χ1) is 14.3. The Morgan fingerprint density at radius 2 is 1.10 bits per heavy atom. The van der Waals surface area contributed by atoms with Crippen molar-refractivity contribution in [3.63, 3.8) is 0 Å². The summed E-state index contributed by atoms with van der Waals surface area (Å²) in [7, 11) is -2.69. The second-order valence-electron chi connectivity index (χ2n) is 6.82. The fourth-order valence-electron chi connectivity index (χ4n) is 3.20. The first-order valence-corrected chi connectivity index (χ1v) is 14.5. The van der Waals surface area contributed by atoms with Gasteiger partial charge in [0.25, 0.3) is 0 Å². The molecule has 0 aliphatic heterocycles. The van der Waals surface area contributed by atoms with Gasteiger partial charge in [-0.15, -0.1) is 0 Å². The molecule has 0 spiro atoms. The van der Waals surface area contributed by atoms with Crippen molar-refractivity contribution in [2.75, 3.05) is 31.3 Å². The van der Waals surface area contributed by atoms with Gasteiger partial charge < -0.3 is 13.3 Å². The Bertz CT molecular complexity index is 614. The molecule has 0 saturated heterocycles. The van der Waals surface area contributed by atoms with Crippen molar-refractivity contribution in [2.45, 2.75) is 59.9 Å². The van der Waals surface area contributed by atoms with Crippen LogP contribution in [0.2, 0.25) is 6.04 Å². The predicted octanol–water partition coefficient (Wildman–Crippen LogP) is 4.92. The third-order valence-electron chi connectivity index (χ3n) is 4.32. The third-order valence-corrected chi connectivity index (χ3v) is 8.99. The number of benzene rings is 1. The fraction of sp³-hybridized carbons (Fsp3) is 0.636. The summed E-state index contributed by atoms with van der Waals surface area (Å²) in [5.74, 6) is 1.55. The van der Waals surface area contributed by atoms with Gasteiger partial charge in [0, 0.05) is 51.2 Å². The van der Waals surface area contributed by atoms with Crippen LogP contribution < -0.4 is 0 Å². The molecule has 0 unspecified atom stereocenters. The van der Waals surface area contributed by atoms with Crippen molar-refractivity contribution in [3.8, 4) is 0 Å². The van der Waals surface area contributed by atoms with E-state index in [1.165, 1.54) is 40.2 Å². The molecular weight excluding hydrogens is 436 g/mol. The molecule has 0 N–H and O–H groups in total. The lowest BCUT2D eigenvalue weighted by Crippen LogP contribution is -2.46. The highest BCUT2D eigenvalue weighted by molar-refractivity contribution is 8.13. The molecule has 0 bridgehead atoms. The summed E-state index contributed by atoms with van der Waals surface area (Å²) in [6.07, 6.45) is 2.50. The van der Waals surface area contributed by atoms with Gasteiger partial charge in [-0.2, -0.15) is 0 Å². The highest BCUT2D eigenvalue weighted by atomic mass is 32.2. The van der Waals surface area contributed by atoms with Crippen LogP contribution in [0.1, 0.15) is 51.3 Å². The minimum Gasteiger partial charge on any atom is -0.374 e. The lowest BCUT2D eigenvalue weighted by atomic mass is 10.0. The van der Waals surface area contributed by atoms with E-state index in [-0.39, 0.29) is 10.2 Å². The standard InChI is InChI=1S/C22H36O5S2Si/c1-6-25-30(26-7-2,27-8-3)14-11-22-16-20(9-12-28-18(4)23)15-21(17-22)10-13-29-19(5)24/h15-17H,6-14H2,1-5H3. The Balaban J connectivity index is 2.96. The van der Waals surface area contributed by atoms with E-state index in [9.17, 15) is 9.59 Å². The maximum Gasteiger partial charge on any atom is 0.501 e. The zero-order chi connectivity index (χ0) is 22.4. The quantitative estimate of drug-likeness (QED) is 0.336. The van der Waals surface area contributed by atoms with Crippen LogP contribution in [0.4, 0.5) is 0 Å². The average Bonchev–Trinajstić information content (AvgIpc) is 2.66. The summed E-state index contributed by atoms with van der Waals surface area (Å²) in [4.78, 5) is 22.5. The lowest BCUT2D eigenvalue weighted by molar-refractivity contribution is -0.109. The Hall–Kier alpha value is -0.643. The van der Waals surface area contributed by atoms with Gasteiger partial charge in [-0.3, -0.25) is 9.59 Å². The number of hydrogen-bond acceptors (Lipinski definition) is 7. The summed E-state index contributed by atoms with van der Waals surface area (Å²) < 4.78 is 18.0. The Morgan fingerprint density at radius 1 is 0.733 bits per heavy atom. The molecule has 0 amide bonds. The van der Waals surface area contributed by atoms with Gasteiger partial charge in [-0.1, -0.05) is 41.7 Å². The zero-order valence-corrected chi connectivity index (χ0v) is 21.6. The highest BCUT2D eigenvalue weighted by Crippen LogP contribution is 2.22. The summed E-state index contributed by atoms with van der Waals surface area (Å²) in [6.45, 7) is 10.8. The summed E-state index contributed by atoms with van der Waals surface area (Å²) in [5, 5.41) is 0.287. The molecule has 5 nitrogen and oxygen atoms in total.